The van der Waals surface area contributed by atoms with Gasteiger partial charge in [0, 0.05) is 12.3 Å². The number of alkyl carbamates (subject to hydrolysis) is 1. The molecule has 15 nitrogen and oxygen atoms in total. The number of aromatic nitrogens is 4. The van der Waals surface area contributed by atoms with Crippen molar-refractivity contribution in [3.05, 3.63) is 6.33 Å². The van der Waals surface area contributed by atoms with Crippen molar-refractivity contribution in [1.29, 1.82) is 0 Å². The molecule has 5 atom stereocenters. The van der Waals surface area contributed by atoms with Crippen LogP contribution in [0.3, 0.4) is 0 Å². The number of carbonyl (C=O) groups excluding carboxylic acids is 2. The number of halogens is 1. The van der Waals surface area contributed by atoms with E-state index in [-0.39, 0.29) is 60.2 Å². The van der Waals surface area contributed by atoms with Crippen molar-refractivity contribution in [3.8, 4) is 5.88 Å². The Kier molecular flexibility index (Phi) is 9.45. The van der Waals surface area contributed by atoms with Crippen LogP contribution in [0.4, 0.5) is 15.1 Å². The second kappa shape index (κ2) is 12.4. The van der Waals surface area contributed by atoms with Crippen molar-refractivity contribution < 1.29 is 46.3 Å². The summed E-state index contributed by atoms with van der Waals surface area (Å²) in [5.74, 6) is 0.173. The minimum Gasteiger partial charge on any atom is -0.476 e. The first-order valence-corrected chi connectivity index (χ1v) is 15.4. The molecule has 2 aromatic rings. The molecular weight excluding hydrogens is 586 g/mol. The topological polar surface area (TPSA) is 188 Å². The molecule has 18 heteroatoms. The molecule has 0 radical (unpaired) electrons. The number of amides is 1. The van der Waals surface area contributed by atoms with Crippen LogP contribution in [0.2, 0.25) is 0 Å². The number of imidazole rings is 1. The van der Waals surface area contributed by atoms with Gasteiger partial charge in [-0.2, -0.15) is 9.97 Å². The van der Waals surface area contributed by atoms with Gasteiger partial charge in [0.05, 0.1) is 38.2 Å². The van der Waals surface area contributed by atoms with Gasteiger partial charge in [-0.15, -0.1) is 0 Å². The highest BCUT2D eigenvalue weighted by atomic mass is 32.2. The average molecular weight is 621 g/mol. The molecule has 1 amide bonds. The molecule has 1 unspecified atom stereocenters. The van der Waals surface area contributed by atoms with Gasteiger partial charge >= 0.3 is 13.9 Å². The van der Waals surface area contributed by atoms with Gasteiger partial charge in [-0.1, -0.05) is 25.6 Å². The van der Waals surface area contributed by atoms with Crippen molar-refractivity contribution >= 4 is 47.9 Å². The van der Waals surface area contributed by atoms with Crippen molar-refractivity contribution in [3.63, 3.8) is 0 Å². The first kappa shape index (κ1) is 31.4. The van der Waals surface area contributed by atoms with Crippen molar-refractivity contribution in [2.75, 3.05) is 44.5 Å². The summed E-state index contributed by atoms with van der Waals surface area (Å²) in [5, 5.41) is 2.31. The Morgan fingerprint density at radius 1 is 1.34 bits per heavy atom. The largest absolute Gasteiger partial charge is 0.476 e. The summed E-state index contributed by atoms with van der Waals surface area (Å²) in [6, 6.07) is 0. The third-order valence-corrected chi connectivity index (χ3v) is 8.96. The number of ether oxygens (including phenoxy) is 3. The molecule has 2 aromatic heterocycles. The lowest BCUT2D eigenvalue weighted by atomic mass is 9.96. The van der Waals surface area contributed by atoms with Crippen LogP contribution >= 0.6 is 19.6 Å². The summed E-state index contributed by atoms with van der Waals surface area (Å²) >= 11 is 0.931. The first-order valence-electron chi connectivity index (χ1n) is 12.9. The number of anilines is 1. The molecule has 4 heterocycles. The van der Waals surface area contributed by atoms with Gasteiger partial charge in [0.25, 0.3) is 0 Å². The Labute approximate surface area is 239 Å². The number of nitrogens with zero attached hydrogens (tertiary/aromatic N) is 4. The van der Waals surface area contributed by atoms with Crippen molar-refractivity contribution in [2.45, 2.75) is 58.7 Å². The number of thioether (sulfide) groups is 1. The summed E-state index contributed by atoms with van der Waals surface area (Å²) in [5.41, 5.74) is 3.17. The second-order valence-electron chi connectivity index (χ2n) is 10.0. The highest BCUT2D eigenvalue weighted by Crippen LogP contribution is 2.59. The van der Waals surface area contributed by atoms with E-state index >= 15 is 4.39 Å². The van der Waals surface area contributed by atoms with Gasteiger partial charge in [-0.05, 0) is 20.8 Å². The summed E-state index contributed by atoms with van der Waals surface area (Å²) in [4.78, 5) is 36.6. The number of hydrogen-bond acceptors (Lipinski definition) is 14. The van der Waals surface area contributed by atoms with Crippen LogP contribution in [0.15, 0.2) is 6.33 Å². The van der Waals surface area contributed by atoms with Gasteiger partial charge in [0.1, 0.15) is 12.2 Å². The number of phosphoric acid groups is 1. The summed E-state index contributed by atoms with van der Waals surface area (Å²) in [6.07, 6.45) is -2.78. The van der Waals surface area contributed by atoms with Crippen LogP contribution in [0, 0.1) is 5.41 Å². The minimum atomic E-state index is -4.18. The zero-order valence-electron chi connectivity index (χ0n) is 23.3. The summed E-state index contributed by atoms with van der Waals surface area (Å²) < 4.78 is 63.2. The molecule has 0 spiro atoms. The molecule has 4 rings (SSSR count). The second-order valence-corrected chi connectivity index (χ2v) is 12.7. The van der Waals surface area contributed by atoms with Crippen LogP contribution in [0.5, 0.6) is 5.88 Å². The monoisotopic (exact) mass is 620 g/mol. The third kappa shape index (κ3) is 6.75. The lowest BCUT2D eigenvalue weighted by Gasteiger charge is -2.33. The Bertz CT molecular complexity index is 1330. The number of fused-ring (bicyclic) bond motifs is 2. The molecule has 2 aliphatic rings. The number of carbonyl (C=O) groups is 2. The van der Waals surface area contributed by atoms with Crippen LogP contribution in [-0.2, 0) is 32.4 Å². The van der Waals surface area contributed by atoms with E-state index in [2.05, 4.69) is 20.3 Å². The number of nitrogens with two attached hydrogens (primary N) is 1. The van der Waals surface area contributed by atoms with Crippen LogP contribution < -0.4 is 15.8 Å². The number of phosphoric ester groups is 1. The van der Waals surface area contributed by atoms with Gasteiger partial charge < -0.3 is 25.3 Å². The van der Waals surface area contributed by atoms with E-state index < -0.39 is 43.4 Å². The Balaban J connectivity index is 1.36. The van der Waals surface area contributed by atoms with Gasteiger partial charge in [-0.3, -0.25) is 22.9 Å². The summed E-state index contributed by atoms with van der Waals surface area (Å²) in [7, 11) is -4.18. The van der Waals surface area contributed by atoms with E-state index in [1.165, 1.54) is 17.8 Å². The van der Waals surface area contributed by atoms with Crippen molar-refractivity contribution in [2.24, 2.45) is 5.41 Å². The van der Waals surface area contributed by atoms with E-state index in [0.29, 0.717) is 6.61 Å². The zero-order chi connectivity index (χ0) is 30.0. The maximum atomic E-state index is 16.3. The number of alkyl halides is 1. The van der Waals surface area contributed by atoms with Crippen LogP contribution in [0.25, 0.3) is 11.2 Å². The van der Waals surface area contributed by atoms with Crippen LogP contribution in [0.1, 0.15) is 40.8 Å². The standard InChI is InChI=1S/C23H34FN6O9PS/c1-6-34-17-14-16(28-20(25)29-17)30(12-27-14)18-23(5,24)15-13(38-18)10-37-40(33,39-15)36-8-9-41-19(31)22(3,4)11-26-21(32)35-7-2/h12-13,15,18H,6-11H2,1-5H3,(H,26,32)(H2,25,28,29)/t13-,15-,18-,23-,40?/m1/s1. The number of nitrogen functional groups attached to an aromatic ring is 1. The fourth-order valence-electron chi connectivity index (χ4n) is 4.25. The number of nitrogens with one attached hydrogen (secondary N) is 1. The van der Waals surface area contributed by atoms with Gasteiger partial charge in [-0.25, -0.2) is 18.7 Å². The predicted molar refractivity (Wildman–Crippen MR) is 145 cm³/mol. The zero-order valence-corrected chi connectivity index (χ0v) is 25.0. The molecule has 228 valence electrons. The predicted octanol–water partition coefficient (Wildman–Crippen LogP) is 3.00. The molecule has 2 aliphatic heterocycles. The Morgan fingerprint density at radius 2 is 2.10 bits per heavy atom. The molecule has 2 fully saturated rings. The smallest absolute Gasteiger partial charge is 0.475 e. The van der Waals surface area contributed by atoms with Crippen molar-refractivity contribution in [1.82, 2.24) is 24.8 Å². The highest BCUT2D eigenvalue weighted by Gasteiger charge is 2.61. The fraction of sp³-hybridized carbons (Fsp3) is 0.696. The van der Waals surface area contributed by atoms with E-state index in [0.717, 1.165) is 11.8 Å². The molecule has 0 aliphatic carbocycles. The van der Waals surface area contributed by atoms with Gasteiger partial charge in [0.15, 0.2) is 28.2 Å². The van der Waals surface area contributed by atoms with Crippen LogP contribution in [-0.4, -0.2) is 87.3 Å². The average Bonchev–Trinajstić information content (AvgIpc) is 3.43. The molecule has 0 saturated carbocycles. The lowest BCUT2D eigenvalue weighted by molar-refractivity contribution is -0.117. The van der Waals surface area contributed by atoms with E-state index in [1.54, 1.807) is 27.7 Å². The molecule has 0 aromatic carbocycles. The minimum absolute atomic E-state index is 0.0698. The number of hydrogen-bond donors (Lipinski definition) is 2. The molecular formula is C23H34FN6O9PS. The quantitative estimate of drug-likeness (QED) is 0.275. The maximum Gasteiger partial charge on any atom is 0.475 e. The third-order valence-electron chi connectivity index (χ3n) is 6.33. The van der Waals surface area contributed by atoms with E-state index in [4.69, 9.17) is 33.5 Å². The Hall–Kier alpha value is -2.56. The molecule has 3 N–H and O–H groups in total. The van der Waals surface area contributed by atoms with E-state index in [9.17, 15) is 14.2 Å². The molecule has 2 saturated heterocycles. The normalized spacial score (nSPS) is 27.9. The maximum absolute atomic E-state index is 16.3. The SMILES string of the molecule is CCOC(=O)NCC(C)(C)C(=O)SCCOP1(=O)OC[C@H]2O[C@@H](n3cnc4c(OCC)nc(N)nc43)[C@](C)(F)[C@@H]2O1. The fourth-order valence-corrected chi connectivity index (χ4v) is 6.65. The van der Waals surface area contributed by atoms with Gasteiger partial charge in [0.2, 0.25) is 11.8 Å². The number of rotatable bonds is 11. The van der Waals surface area contributed by atoms with E-state index in [1.807, 2.05) is 0 Å². The first-order chi connectivity index (χ1) is 19.3. The summed E-state index contributed by atoms with van der Waals surface area (Å²) in [6.45, 7) is 8.19. The lowest BCUT2D eigenvalue weighted by Crippen LogP contribution is -2.44. The molecule has 41 heavy (non-hydrogen) atoms. The highest BCUT2D eigenvalue weighted by molar-refractivity contribution is 8.13. The Morgan fingerprint density at radius 3 is 2.80 bits per heavy atom. The molecule has 0 bridgehead atoms.